The van der Waals surface area contributed by atoms with Crippen molar-refractivity contribution in [3.05, 3.63) is 24.2 Å². The van der Waals surface area contributed by atoms with Crippen LogP contribution in [0.15, 0.2) is 23.0 Å². The monoisotopic (exact) mass is 271 g/mol. The van der Waals surface area contributed by atoms with E-state index in [9.17, 15) is 15.0 Å². The Labute approximate surface area is 109 Å². The number of nitrogens with one attached hydrogen (secondary N) is 1. The molecule has 0 aliphatic carbocycles. The van der Waals surface area contributed by atoms with Crippen LogP contribution in [-0.2, 0) is 4.74 Å². The van der Waals surface area contributed by atoms with Gasteiger partial charge in [-0.1, -0.05) is 0 Å². The second-order valence-corrected chi connectivity index (χ2v) is 4.55. The maximum atomic E-state index is 11.9. The molecule has 1 saturated heterocycles. The molecule has 1 aromatic rings. The standard InChI is InChI=1S/C12H17NO6/c1-6-9(11(16)10(15)8(4-14)19-6)13-12(17)7-2-3-18-5-7/h2-3,5-6,8-11,14-16H,4H2,1H3,(H,13,17). The van der Waals surface area contributed by atoms with E-state index in [1.54, 1.807) is 6.92 Å². The van der Waals surface area contributed by atoms with Crippen LogP contribution in [0.1, 0.15) is 17.3 Å². The van der Waals surface area contributed by atoms with Crippen LogP contribution in [0.2, 0.25) is 0 Å². The van der Waals surface area contributed by atoms with Crippen LogP contribution in [0.5, 0.6) is 0 Å². The summed E-state index contributed by atoms with van der Waals surface area (Å²) in [7, 11) is 0. The molecular formula is C12H17NO6. The molecule has 1 fully saturated rings. The molecule has 0 saturated carbocycles. The Bertz CT molecular complexity index is 420. The van der Waals surface area contributed by atoms with Gasteiger partial charge in [-0.15, -0.1) is 0 Å². The van der Waals surface area contributed by atoms with Gasteiger partial charge in [0.2, 0.25) is 0 Å². The molecule has 0 aromatic carbocycles. The van der Waals surface area contributed by atoms with E-state index in [1.165, 1.54) is 18.6 Å². The Kier molecular flexibility index (Phi) is 4.20. The molecule has 1 aliphatic heterocycles. The Morgan fingerprint density at radius 3 is 2.74 bits per heavy atom. The van der Waals surface area contributed by atoms with Crippen molar-refractivity contribution in [3.8, 4) is 0 Å². The average molecular weight is 271 g/mol. The Morgan fingerprint density at radius 1 is 1.42 bits per heavy atom. The van der Waals surface area contributed by atoms with Crippen LogP contribution >= 0.6 is 0 Å². The van der Waals surface area contributed by atoms with Crippen LogP contribution in [-0.4, -0.2) is 58.3 Å². The van der Waals surface area contributed by atoms with E-state index in [0.717, 1.165) is 0 Å². The van der Waals surface area contributed by atoms with Crippen LogP contribution < -0.4 is 5.32 Å². The van der Waals surface area contributed by atoms with E-state index in [1.807, 2.05) is 0 Å². The molecule has 1 amide bonds. The van der Waals surface area contributed by atoms with Crippen molar-refractivity contribution in [2.24, 2.45) is 0 Å². The lowest BCUT2D eigenvalue weighted by Gasteiger charge is -2.41. The zero-order valence-corrected chi connectivity index (χ0v) is 10.4. The summed E-state index contributed by atoms with van der Waals surface area (Å²) < 4.78 is 10.1. The van der Waals surface area contributed by atoms with Crippen LogP contribution in [0.4, 0.5) is 0 Å². The van der Waals surface area contributed by atoms with E-state index in [0.29, 0.717) is 5.56 Å². The SMILES string of the molecule is CC1OC(CO)C(O)C(O)C1NC(=O)c1ccoc1. The summed E-state index contributed by atoms with van der Waals surface area (Å²) in [6, 6.07) is 0.725. The van der Waals surface area contributed by atoms with Gasteiger partial charge in [-0.2, -0.15) is 0 Å². The number of carbonyl (C=O) groups excluding carboxylic acids is 1. The van der Waals surface area contributed by atoms with Gasteiger partial charge in [0.15, 0.2) is 0 Å². The summed E-state index contributed by atoms with van der Waals surface area (Å²) in [5.41, 5.74) is 0.318. The largest absolute Gasteiger partial charge is 0.472 e. The number of hydrogen-bond donors (Lipinski definition) is 4. The van der Waals surface area contributed by atoms with Gasteiger partial charge in [-0.3, -0.25) is 4.79 Å². The molecule has 2 heterocycles. The highest BCUT2D eigenvalue weighted by atomic mass is 16.5. The second kappa shape index (κ2) is 5.70. The summed E-state index contributed by atoms with van der Waals surface area (Å²) in [5, 5.41) is 31.3. The van der Waals surface area contributed by atoms with Gasteiger partial charge >= 0.3 is 0 Å². The first-order valence-corrected chi connectivity index (χ1v) is 6.00. The number of carbonyl (C=O) groups is 1. The molecule has 0 radical (unpaired) electrons. The fourth-order valence-electron chi connectivity index (χ4n) is 2.13. The van der Waals surface area contributed by atoms with Crippen LogP contribution in [0.3, 0.4) is 0 Å². The minimum Gasteiger partial charge on any atom is -0.472 e. The fourth-order valence-corrected chi connectivity index (χ4v) is 2.13. The van der Waals surface area contributed by atoms with E-state index in [4.69, 9.17) is 14.3 Å². The molecule has 7 heteroatoms. The summed E-state index contributed by atoms with van der Waals surface area (Å²) in [5.74, 6) is -0.428. The van der Waals surface area contributed by atoms with Gasteiger partial charge in [0.1, 0.15) is 24.6 Å². The highest BCUT2D eigenvalue weighted by molar-refractivity contribution is 5.94. The molecular weight excluding hydrogens is 254 g/mol. The van der Waals surface area contributed by atoms with Crippen LogP contribution in [0, 0.1) is 0 Å². The zero-order chi connectivity index (χ0) is 14.0. The Balaban J connectivity index is 2.05. The molecule has 1 aliphatic rings. The summed E-state index contributed by atoms with van der Waals surface area (Å²) >= 11 is 0. The van der Waals surface area contributed by atoms with Gasteiger partial charge in [0.05, 0.1) is 30.6 Å². The van der Waals surface area contributed by atoms with Gasteiger partial charge in [0, 0.05) is 0 Å². The first-order valence-electron chi connectivity index (χ1n) is 6.00. The fraction of sp³-hybridized carbons (Fsp3) is 0.583. The Morgan fingerprint density at radius 2 is 2.16 bits per heavy atom. The number of aliphatic hydroxyl groups is 3. The van der Waals surface area contributed by atoms with Crippen molar-refractivity contribution < 1.29 is 29.3 Å². The summed E-state index contributed by atoms with van der Waals surface area (Å²) in [4.78, 5) is 11.9. The summed E-state index contributed by atoms with van der Waals surface area (Å²) in [6.07, 6.45) is -1.21. The third kappa shape index (κ3) is 2.79. The number of hydrogen-bond acceptors (Lipinski definition) is 6. The van der Waals surface area contributed by atoms with Crippen LogP contribution in [0.25, 0.3) is 0 Å². The van der Waals surface area contributed by atoms with E-state index >= 15 is 0 Å². The van der Waals surface area contributed by atoms with Crippen molar-refractivity contribution in [1.29, 1.82) is 0 Å². The lowest BCUT2D eigenvalue weighted by molar-refractivity contribution is -0.187. The number of rotatable bonds is 3. The smallest absolute Gasteiger partial charge is 0.254 e. The van der Waals surface area contributed by atoms with Gasteiger partial charge in [-0.05, 0) is 13.0 Å². The normalized spacial score (nSPS) is 35.1. The molecule has 19 heavy (non-hydrogen) atoms. The molecule has 1 aromatic heterocycles. The van der Waals surface area contributed by atoms with E-state index < -0.39 is 43.0 Å². The minimum atomic E-state index is -1.25. The maximum Gasteiger partial charge on any atom is 0.254 e. The van der Waals surface area contributed by atoms with Crippen molar-refractivity contribution in [2.45, 2.75) is 37.4 Å². The third-order valence-electron chi connectivity index (χ3n) is 3.26. The highest BCUT2D eigenvalue weighted by Crippen LogP contribution is 2.21. The molecule has 4 N–H and O–H groups in total. The van der Waals surface area contributed by atoms with Gasteiger partial charge in [-0.25, -0.2) is 0 Å². The summed E-state index contributed by atoms with van der Waals surface area (Å²) in [6.45, 7) is 1.25. The number of ether oxygens (including phenoxy) is 1. The number of furan rings is 1. The lowest BCUT2D eigenvalue weighted by atomic mass is 9.93. The number of aliphatic hydroxyl groups excluding tert-OH is 3. The minimum absolute atomic E-state index is 0.318. The predicted molar refractivity (Wildman–Crippen MR) is 63.4 cm³/mol. The van der Waals surface area contributed by atoms with E-state index in [2.05, 4.69) is 5.32 Å². The number of amides is 1. The Hall–Kier alpha value is -1.41. The highest BCUT2D eigenvalue weighted by Gasteiger charge is 2.43. The van der Waals surface area contributed by atoms with Crippen molar-refractivity contribution in [1.82, 2.24) is 5.32 Å². The first-order chi connectivity index (χ1) is 9.04. The molecule has 0 spiro atoms. The molecule has 7 nitrogen and oxygen atoms in total. The van der Waals surface area contributed by atoms with Gasteiger partial charge in [0.25, 0.3) is 5.91 Å². The molecule has 0 bridgehead atoms. The second-order valence-electron chi connectivity index (χ2n) is 4.55. The van der Waals surface area contributed by atoms with E-state index in [-0.39, 0.29) is 0 Å². The molecule has 5 atom stereocenters. The van der Waals surface area contributed by atoms with Crippen molar-refractivity contribution in [2.75, 3.05) is 6.61 Å². The average Bonchev–Trinajstić information content (AvgIpc) is 2.92. The zero-order valence-electron chi connectivity index (χ0n) is 10.4. The molecule has 5 unspecified atom stereocenters. The molecule has 2 rings (SSSR count). The van der Waals surface area contributed by atoms with Crippen molar-refractivity contribution >= 4 is 5.91 Å². The van der Waals surface area contributed by atoms with Gasteiger partial charge < -0.3 is 29.8 Å². The first kappa shape index (κ1) is 14.0. The topological polar surface area (TPSA) is 112 Å². The maximum absolute atomic E-state index is 11.9. The van der Waals surface area contributed by atoms with Crippen molar-refractivity contribution in [3.63, 3.8) is 0 Å². The third-order valence-corrected chi connectivity index (χ3v) is 3.26. The quantitative estimate of drug-likeness (QED) is 0.554. The lowest BCUT2D eigenvalue weighted by Crippen LogP contribution is -2.63. The predicted octanol–water partition coefficient (Wildman–Crippen LogP) is -1.12. The molecule has 106 valence electrons.